The van der Waals surface area contributed by atoms with E-state index in [2.05, 4.69) is 31.5 Å². The molecule has 2 amide bonds. The first-order valence-corrected chi connectivity index (χ1v) is 8.93. The summed E-state index contributed by atoms with van der Waals surface area (Å²) in [6, 6.07) is 12.6. The van der Waals surface area contributed by atoms with Crippen LogP contribution < -0.4 is 10.6 Å². The van der Waals surface area contributed by atoms with Crippen LogP contribution in [0.5, 0.6) is 0 Å². The Morgan fingerprint density at radius 3 is 2.58 bits per heavy atom. The number of halogens is 1. The zero-order valence-electron chi connectivity index (χ0n) is 12.8. The van der Waals surface area contributed by atoms with Crippen LogP contribution in [0, 0.1) is 0 Å². The normalized spacial score (nSPS) is 10.6. The van der Waals surface area contributed by atoms with Crippen molar-refractivity contribution < 1.29 is 9.59 Å². The second-order valence-electron chi connectivity index (χ2n) is 5.06. The lowest BCUT2D eigenvalue weighted by atomic mass is 10.2. The van der Waals surface area contributed by atoms with Gasteiger partial charge in [0.25, 0.3) is 5.91 Å². The first-order valence-electron chi connectivity index (χ1n) is 7.32. The first kappa shape index (κ1) is 16.6. The fourth-order valence-electron chi connectivity index (χ4n) is 2.07. The van der Waals surface area contributed by atoms with Crippen molar-refractivity contribution in [2.24, 2.45) is 0 Å². The van der Waals surface area contributed by atoms with Crippen molar-refractivity contribution in [3.05, 3.63) is 52.5 Å². The number of anilines is 2. The number of nitrogens with zero attached hydrogens (tertiary/aromatic N) is 1. The molecule has 0 radical (unpaired) electrons. The SMILES string of the molecule is CCC(=O)Nc1nc2ccc(NC(=O)c3ccc(Br)cc3)cc2s1. The van der Waals surface area contributed by atoms with Gasteiger partial charge in [0.05, 0.1) is 10.2 Å². The highest BCUT2D eigenvalue weighted by molar-refractivity contribution is 9.10. The molecule has 0 aliphatic carbocycles. The summed E-state index contributed by atoms with van der Waals surface area (Å²) < 4.78 is 1.82. The summed E-state index contributed by atoms with van der Waals surface area (Å²) in [5.74, 6) is -0.247. The van der Waals surface area contributed by atoms with Gasteiger partial charge in [0.1, 0.15) is 0 Å². The van der Waals surface area contributed by atoms with Crippen LogP contribution in [-0.4, -0.2) is 16.8 Å². The predicted molar refractivity (Wildman–Crippen MR) is 101 cm³/mol. The van der Waals surface area contributed by atoms with Gasteiger partial charge in [0.15, 0.2) is 5.13 Å². The number of thiazole rings is 1. The van der Waals surface area contributed by atoms with Crippen LogP contribution in [0.15, 0.2) is 46.9 Å². The van der Waals surface area contributed by atoms with E-state index in [1.807, 2.05) is 24.3 Å². The fourth-order valence-corrected chi connectivity index (χ4v) is 3.25. The van der Waals surface area contributed by atoms with Gasteiger partial charge in [-0.2, -0.15) is 0 Å². The van der Waals surface area contributed by atoms with E-state index in [0.717, 1.165) is 14.7 Å². The summed E-state index contributed by atoms with van der Waals surface area (Å²) in [5, 5.41) is 6.18. The number of hydrogen-bond donors (Lipinski definition) is 2. The molecule has 0 saturated heterocycles. The lowest BCUT2D eigenvalue weighted by Gasteiger charge is -2.05. The monoisotopic (exact) mass is 403 g/mol. The standard InChI is InChI=1S/C17H14BrN3O2S/c1-2-15(22)21-17-20-13-8-7-12(9-14(13)24-17)19-16(23)10-3-5-11(18)6-4-10/h3-9H,2H2,1H3,(H,19,23)(H,20,21,22). The molecule has 2 N–H and O–H groups in total. The number of rotatable bonds is 4. The van der Waals surface area contributed by atoms with Gasteiger partial charge in [-0.25, -0.2) is 4.98 Å². The summed E-state index contributed by atoms with van der Waals surface area (Å²) >= 11 is 4.73. The maximum atomic E-state index is 12.3. The molecule has 0 fully saturated rings. The Balaban J connectivity index is 1.78. The zero-order chi connectivity index (χ0) is 17.1. The molecule has 122 valence electrons. The van der Waals surface area contributed by atoms with E-state index in [1.165, 1.54) is 11.3 Å². The van der Waals surface area contributed by atoms with Crippen molar-refractivity contribution in [2.75, 3.05) is 10.6 Å². The molecular weight excluding hydrogens is 390 g/mol. The van der Waals surface area contributed by atoms with Crippen molar-refractivity contribution in [3.63, 3.8) is 0 Å². The van der Waals surface area contributed by atoms with E-state index >= 15 is 0 Å². The average molecular weight is 404 g/mol. The molecule has 3 rings (SSSR count). The number of nitrogens with one attached hydrogen (secondary N) is 2. The molecule has 1 aromatic heterocycles. The fraction of sp³-hybridized carbons (Fsp3) is 0.118. The van der Waals surface area contributed by atoms with E-state index < -0.39 is 0 Å². The summed E-state index contributed by atoms with van der Waals surface area (Å²) in [5.41, 5.74) is 2.05. The molecule has 0 unspecified atom stereocenters. The molecule has 0 aliphatic rings. The molecule has 5 nitrogen and oxygen atoms in total. The number of hydrogen-bond acceptors (Lipinski definition) is 4. The van der Waals surface area contributed by atoms with Crippen LogP contribution >= 0.6 is 27.3 Å². The Morgan fingerprint density at radius 2 is 1.88 bits per heavy atom. The Hall–Kier alpha value is -2.25. The quantitative estimate of drug-likeness (QED) is 0.665. The second kappa shape index (κ2) is 7.11. The first-order chi connectivity index (χ1) is 11.5. The highest BCUT2D eigenvalue weighted by Gasteiger charge is 2.09. The van der Waals surface area contributed by atoms with Crippen LogP contribution in [0.2, 0.25) is 0 Å². The van der Waals surface area contributed by atoms with Gasteiger partial charge >= 0.3 is 0 Å². The van der Waals surface area contributed by atoms with Gasteiger partial charge in [-0.1, -0.05) is 34.2 Å². The van der Waals surface area contributed by atoms with Crippen LogP contribution in [0.3, 0.4) is 0 Å². The Bertz CT molecular complexity index is 906. The minimum Gasteiger partial charge on any atom is -0.322 e. The van der Waals surface area contributed by atoms with Crippen LogP contribution in [0.1, 0.15) is 23.7 Å². The highest BCUT2D eigenvalue weighted by Crippen LogP contribution is 2.28. The largest absolute Gasteiger partial charge is 0.322 e. The predicted octanol–water partition coefficient (Wildman–Crippen LogP) is 4.66. The third kappa shape index (κ3) is 3.80. The van der Waals surface area contributed by atoms with Crippen LogP contribution in [0.25, 0.3) is 10.2 Å². The van der Waals surface area contributed by atoms with Crippen molar-refractivity contribution in [3.8, 4) is 0 Å². The van der Waals surface area contributed by atoms with Crippen LogP contribution in [-0.2, 0) is 4.79 Å². The summed E-state index contributed by atoms with van der Waals surface area (Å²) in [7, 11) is 0. The topological polar surface area (TPSA) is 71.1 Å². The lowest BCUT2D eigenvalue weighted by molar-refractivity contribution is -0.115. The Morgan fingerprint density at radius 1 is 1.12 bits per heavy atom. The number of fused-ring (bicyclic) bond motifs is 1. The second-order valence-corrected chi connectivity index (χ2v) is 7.01. The number of carbonyl (C=O) groups excluding carboxylic acids is 2. The third-order valence-electron chi connectivity index (χ3n) is 3.32. The van der Waals surface area contributed by atoms with E-state index in [4.69, 9.17) is 0 Å². The molecule has 2 aromatic carbocycles. The minimum atomic E-state index is -0.175. The highest BCUT2D eigenvalue weighted by atomic mass is 79.9. The summed E-state index contributed by atoms with van der Waals surface area (Å²) in [6.45, 7) is 1.79. The zero-order valence-corrected chi connectivity index (χ0v) is 15.2. The molecular formula is C17H14BrN3O2S. The molecule has 0 spiro atoms. The van der Waals surface area contributed by atoms with Gasteiger partial charge in [-0.15, -0.1) is 0 Å². The number of benzene rings is 2. The minimum absolute atomic E-state index is 0.0715. The molecule has 0 bridgehead atoms. The van der Waals surface area contributed by atoms with Crippen molar-refractivity contribution in [1.82, 2.24) is 4.98 Å². The van der Waals surface area contributed by atoms with Gasteiger partial charge in [-0.05, 0) is 42.5 Å². The molecule has 1 heterocycles. The molecule has 24 heavy (non-hydrogen) atoms. The van der Waals surface area contributed by atoms with E-state index in [-0.39, 0.29) is 11.8 Å². The average Bonchev–Trinajstić information content (AvgIpc) is 2.96. The van der Waals surface area contributed by atoms with Crippen LogP contribution in [0.4, 0.5) is 10.8 Å². The molecule has 0 atom stereocenters. The maximum Gasteiger partial charge on any atom is 0.255 e. The van der Waals surface area contributed by atoms with Gasteiger partial charge in [0.2, 0.25) is 5.91 Å². The molecule has 7 heteroatoms. The molecule has 0 saturated carbocycles. The van der Waals surface area contributed by atoms with E-state index in [9.17, 15) is 9.59 Å². The summed E-state index contributed by atoms with van der Waals surface area (Å²) in [4.78, 5) is 28.1. The Kier molecular flexibility index (Phi) is 4.92. The number of amides is 2. The van der Waals surface area contributed by atoms with E-state index in [1.54, 1.807) is 25.1 Å². The van der Waals surface area contributed by atoms with Crippen molar-refractivity contribution in [1.29, 1.82) is 0 Å². The third-order valence-corrected chi connectivity index (χ3v) is 4.78. The number of carbonyl (C=O) groups is 2. The lowest BCUT2D eigenvalue weighted by Crippen LogP contribution is -2.11. The summed E-state index contributed by atoms with van der Waals surface area (Å²) in [6.07, 6.45) is 0.407. The van der Waals surface area contributed by atoms with Crippen molar-refractivity contribution >= 4 is 60.1 Å². The van der Waals surface area contributed by atoms with Gasteiger partial charge < -0.3 is 10.6 Å². The Labute approximate surface area is 151 Å². The van der Waals surface area contributed by atoms with Gasteiger partial charge in [0, 0.05) is 22.1 Å². The van der Waals surface area contributed by atoms with Crippen molar-refractivity contribution in [2.45, 2.75) is 13.3 Å². The molecule has 3 aromatic rings. The smallest absolute Gasteiger partial charge is 0.255 e. The van der Waals surface area contributed by atoms with E-state index in [0.29, 0.717) is 22.8 Å². The number of aromatic nitrogens is 1. The maximum absolute atomic E-state index is 12.3. The van der Waals surface area contributed by atoms with Gasteiger partial charge in [-0.3, -0.25) is 9.59 Å². The molecule has 0 aliphatic heterocycles.